The average Bonchev–Trinajstić information content (AvgIpc) is 3.05. The molecular weight excluding hydrogens is 352 g/mol. The summed E-state index contributed by atoms with van der Waals surface area (Å²) in [6, 6.07) is 11.0. The predicted octanol–water partition coefficient (Wildman–Crippen LogP) is 3.58. The molecule has 1 aliphatic carbocycles. The first-order chi connectivity index (χ1) is 13.5. The van der Waals surface area contributed by atoms with Gasteiger partial charge in [-0.25, -0.2) is 4.79 Å². The zero-order chi connectivity index (χ0) is 20.1. The zero-order valence-electron chi connectivity index (χ0n) is 16.4. The first-order valence-electron chi connectivity index (χ1n) is 9.65. The highest BCUT2D eigenvalue weighted by atomic mass is 16.5. The van der Waals surface area contributed by atoms with Crippen LogP contribution in [0.4, 0.5) is 0 Å². The molecule has 0 saturated carbocycles. The number of aryl methyl sites for hydroxylation is 1. The van der Waals surface area contributed by atoms with E-state index in [4.69, 9.17) is 10.5 Å². The van der Waals surface area contributed by atoms with Crippen LogP contribution in [0.2, 0.25) is 0 Å². The topological polar surface area (TPSA) is 74.3 Å². The number of nitrogens with two attached hydrogens (primary N) is 1. The van der Waals surface area contributed by atoms with Crippen LogP contribution in [0.1, 0.15) is 47.1 Å². The number of fused-ring (bicyclic) bond motifs is 1. The first kappa shape index (κ1) is 19.7. The lowest BCUT2D eigenvalue weighted by Gasteiger charge is -2.14. The van der Waals surface area contributed by atoms with Crippen molar-refractivity contribution in [2.45, 2.75) is 32.6 Å². The van der Waals surface area contributed by atoms with Gasteiger partial charge in [0.2, 0.25) is 0 Å². The number of nitrogens with zero attached hydrogens (tertiary/aromatic N) is 1. The molecule has 2 aromatic rings. The van der Waals surface area contributed by atoms with E-state index >= 15 is 0 Å². The van der Waals surface area contributed by atoms with Crippen molar-refractivity contribution in [2.75, 3.05) is 6.61 Å². The third-order valence-corrected chi connectivity index (χ3v) is 5.08. The Balaban J connectivity index is 1.99. The molecule has 0 amide bonds. The number of carbonyl (C=O) groups excluding carboxylic acids is 2. The van der Waals surface area contributed by atoms with Crippen molar-refractivity contribution in [3.05, 3.63) is 76.6 Å². The molecule has 1 aromatic heterocycles. The molecule has 3 rings (SSSR count). The van der Waals surface area contributed by atoms with Crippen LogP contribution in [0.3, 0.4) is 0 Å². The van der Waals surface area contributed by atoms with Crippen molar-refractivity contribution in [2.24, 2.45) is 12.8 Å². The molecule has 0 fully saturated rings. The van der Waals surface area contributed by atoms with Crippen LogP contribution in [0.25, 0.3) is 5.70 Å². The summed E-state index contributed by atoms with van der Waals surface area (Å²) < 4.78 is 7.23. The van der Waals surface area contributed by atoms with Gasteiger partial charge in [-0.15, -0.1) is 0 Å². The summed E-state index contributed by atoms with van der Waals surface area (Å²) >= 11 is 0. The van der Waals surface area contributed by atoms with Crippen LogP contribution < -0.4 is 5.73 Å². The molecule has 5 nitrogen and oxygen atoms in total. The van der Waals surface area contributed by atoms with Gasteiger partial charge in [0, 0.05) is 18.3 Å². The van der Waals surface area contributed by atoms with Crippen molar-refractivity contribution >= 4 is 17.4 Å². The van der Waals surface area contributed by atoms with E-state index in [2.05, 4.69) is 10.6 Å². The van der Waals surface area contributed by atoms with Crippen molar-refractivity contribution in [1.29, 1.82) is 0 Å². The summed E-state index contributed by atoms with van der Waals surface area (Å²) in [7, 11) is 1.97. The Morgan fingerprint density at radius 3 is 2.54 bits per heavy atom. The molecule has 0 unspecified atom stereocenters. The van der Waals surface area contributed by atoms with E-state index < -0.39 is 5.97 Å². The molecule has 1 heterocycles. The Kier molecular flexibility index (Phi) is 6.14. The van der Waals surface area contributed by atoms with E-state index in [1.807, 2.05) is 13.1 Å². The van der Waals surface area contributed by atoms with Gasteiger partial charge in [-0.05, 0) is 56.4 Å². The largest absolute Gasteiger partial charge is 0.462 e. The van der Waals surface area contributed by atoms with Crippen LogP contribution in [-0.4, -0.2) is 22.9 Å². The molecule has 146 valence electrons. The SMILES string of the molecule is CCOC(=O)C(/C=C/C(=O)c1ccccc1)=C(\N)c1cc2c(n1C)CCCC2. The molecule has 2 N–H and O–H groups in total. The number of hydrogen-bond acceptors (Lipinski definition) is 4. The van der Waals surface area contributed by atoms with Crippen LogP contribution in [0.15, 0.2) is 54.1 Å². The Labute approximate surface area is 165 Å². The molecular formula is C23H26N2O3. The fourth-order valence-corrected chi connectivity index (χ4v) is 3.59. The Bertz CT molecular complexity index is 936. The standard InChI is InChI=1S/C23H26N2O3/c1-3-28-23(27)18(13-14-21(26)16-9-5-4-6-10-16)22(24)20-15-17-11-7-8-12-19(17)25(20)2/h4-6,9-10,13-15H,3,7-8,11-12,24H2,1-2H3/b14-13+,22-18-. The van der Waals surface area contributed by atoms with Gasteiger partial charge in [-0.3, -0.25) is 4.79 Å². The van der Waals surface area contributed by atoms with Crippen LogP contribution in [0, 0.1) is 0 Å². The van der Waals surface area contributed by atoms with Crippen molar-refractivity contribution in [3.63, 3.8) is 0 Å². The zero-order valence-corrected chi connectivity index (χ0v) is 16.4. The predicted molar refractivity (Wildman–Crippen MR) is 110 cm³/mol. The van der Waals surface area contributed by atoms with Crippen molar-refractivity contribution in [3.8, 4) is 0 Å². The lowest BCUT2D eigenvalue weighted by molar-refractivity contribution is -0.138. The highest BCUT2D eigenvalue weighted by molar-refractivity contribution is 6.07. The van der Waals surface area contributed by atoms with E-state index in [1.165, 1.54) is 23.4 Å². The van der Waals surface area contributed by atoms with Crippen molar-refractivity contribution in [1.82, 2.24) is 4.57 Å². The van der Waals surface area contributed by atoms with Gasteiger partial charge >= 0.3 is 5.97 Å². The normalized spacial score (nSPS) is 14.5. The number of aromatic nitrogens is 1. The third kappa shape index (κ3) is 4.09. The molecule has 0 atom stereocenters. The number of carbonyl (C=O) groups is 2. The summed E-state index contributed by atoms with van der Waals surface area (Å²) in [6.45, 7) is 1.98. The Morgan fingerprint density at radius 2 is 1.86 bits per heavy atom. The van der Waals surface area contributed by atoms with E-state index in [0.717, 1.165) is 31.4 Å². The molecule has 0 bridgehead atoms. The fourth-order valence-electron chi connectivity index (χ4n) is 3.59. The number of benzene rings is 1. The minimum Gasteiger partial charge on any atom is -0.462 e. The molecule has 0 aliphatic heterocycles. The number of esters is 1. The number of allylic oxidation sites excluding steroid dienone is 1. The molecule has 1 aromatic carbocycles. The second-order valence-electron chi connectivity index (χ2n) is 6.88. The summed E-state index contributed by atoms with van der Waals surface area (Å²) in [5, 5.41) is 0. The minimum absolute atomic E-state index is 0.193. The molecule has 0 radical (unpaired) electrons. The summed E-state index contributed by atoms with van der Waals surface area (Å²) in [5.41, 5.74) is 10.8. The molecule has 0 spiro atoms. The highest BCUT2D eigenvalue weighted by Crippen LogP contribution is 2.28. The first-order valence-corrected chi connectivity index (χ1v) is 9.65. The lowest BCUT2D eigenvalue weighted by Crippen LogP contribution is -2.15. The van der Waals surface area contributed by atoms with Gasteiger partial charge in [-0.1, -0.05) is 30.3 Å². The van der Waals surface area contributed by atoms with E-state index in [-0.39, 0.29) is 18.0 Å². The van der Waals surface area contributed by atoms with Crippen LogP contribution >= 0.6 is 0 Å². The second kappa shape index (κ2) is 8.74. The second-order valence-corrected chi connectivity index (χ2v) is 6.88. The number of ether oxygens (including phenoxy) is 1. The maximum atomic E-state index is 12.5. The monoisotopic (exact) mass is 378 g/mol. The fraction of sp³-hybridized carbons (Fsp3) is 0.304. The lowest BCUT2D eigenvalue weighted by atomic mass is 9.98. The average molecular weight is 378 g/mol. The number of rotatable bonds is 6. The summed E-state index contributed by atoms with van der Waals surface area (Å²) in [6.07, 6.45) is 7.19. The van der Waals surface area contributed by atoms with Gasteiger partial charge in [0.15, 0.2) is 5.78 Å². The Hall–Kier alpha value is -3.08. The smallest absolute Gasteiger partial charge is 0.340 e. The van der Waals surface area contributed by atoms with Crippen LogP contribution in [-0.2, 0) is 29.4 Å². The van der Waals surface area contributed by atoms with Gasteiger partial charge in [0.05, 0.1) is 23.6 Å². The van der Waals surface area contributed by atoms with Gasteiger partial charge in [0.1, 0.15) is 0 Å². The molecule has 0 saturated heterocycles. The third-order valence-electron chi connectivity index (χ3n) is 5.08. The molecule has 5 heteroatoms. The summed E-state index contributed by atoms with van der Waals surface area (Å²) in [4.78, 5) is 24.9. The minimum atomic E-state index is -0.531. The van der Waals surface area contributed by atoms with Crippen LogP contribution in [0.5, 0.6) is 0 Å². The number of hydrogen-bond donors (Lipinski definition) is 1. The van der Waals surface area contributed by atoms with Crippen molar-refractivity contribution < 1.29 is 14.3 Å². The van der Waals surface area contributed by atoms with Gasteiger partial charge in [0.25, 0.3) is 0 Å². The molecule has 1 aliphatic rings. The quantitative estimate of drug-likeness (QED) is 0.361. The Morgan fingerprint density at radius 1 is 1.14 bits per heavy atom. The molecule has 28 heavy (non-hydrogen) atoms. The number of ketones is 1. The van der Waals surface area contributed by atoms with Gasteiger partial charge in [-0.2, -0.15) is 0 Å². The maximum absolute atomic E-state index is 12.5. The van der Waals surface area contributed by atoms with E-state index in [1.54, 1.807) is 31.2 Å². The summed E-state index contributed by atoms with van der Waals surface area (Å²) in [5.74, 6) is -0.724. The van der Waals surface area contributed by atoms with Gasteiger partial charge < -0.3 is 15.0 Å². The highest BCUT2D eigenvalue weighted by Gasteiger charge is 2.21. The van der Waals surface area contributed by atoms with E-state index in [0.29, 0.717) is 11.3 Å². The van der Waals surface area contributed by atoms with E-state index in [9.17, 15) is 9.59 Å². The maximum Gasteiger partial charge on any atom is 0.340 e.